The number of allylic oxidation sites excluding steroid dienone is 2. The molecule has 0 unspecified atom stereocenters. The first-order valence-electron chi connectivity index (χ1n) is 5.69. The van der Waals surface area contributed by atoms with Crippen molar-refractivity contribution >= 4 is 23.8 Å². The van der Waals surface area contributed by atoms with Crippen molar-refractivity contribution < 1.29 is 9.59 Å². The van der Waals surface area contributed by atoms with Crippen molar-refractivity contribution in [1.29, 1.82) is 0 Å². The van der Waals surface area contributed by atoms with Crippen molar-refractivity contribution in [3.8, 4) is 0 Å². The second-order valence-corrected chi connectivity index (χ2v) is 3.88. The predicted octanol–water partition coefficient (Wildman–Crippen LogP) is 4.12. The minimum Gasteiger partial charge on any atom is -0.300 e. The first-order valence-corrected chi connectivity index (χ1v) is 6.57. The van der Waals surface area contributed by atoms with E-state index in [1.807, 2.05) is 20.8 Å². The molecule has 0 bridgehead atoms. The van der Waals surface area contributed by atoms with Gasteiger partial charge in [0.2, 0.25) is 0 Å². The lowest BCUT2D eigenvalue weighted by atomic mass is 10.1. The number of Topliss-reactive ketones (excluding diaryl/α,β-unsaturated/α-hetero) is 1. The van der Waals surface area contributed by atoms with Crippen LogP contribution in [-0.2, 0) is 9.59 Å². The fourth-order valence-corrected chi connectivity index (χ4v) is 1.46. The Morgan fingerprint density at radius 1 is 1.31 bits per heavy atom. The Balaban J connectivity index is 0. The van der Waals surface area contributed by atoms with E-state index in [0.29, 0.717) is 24.2 Å². The van der Waals surface area contributed by atoms with Crippen LogP contribution in [0.4, 0.5) is 0 Å². The summed E-state index contributed by atoms with van der Waals surface area (Å²) in [4.78, 5) is 22.2. The molecule has 3 heteroatoms. The van der Waals surface area contributed by atoms with Crippen LogP contribution in [0.15, 0.2) is 23.0 Å². The maximum Gasteiger partial charge on any atom is 0.156 e. The van der Waals surface area contributed by atoms with Gasteiger partial charge in [-0.15, -0.1) is 0 Å². The molecule has 0 aromatic rings. The summed E-state index contributed by atoms with van der Waals surface area (Å²) in [5.74, 6) is 0.262. The van der Waals surface area contributed by atoms with Crippen LogP contribution in [0.2, 0.25) is 0 Å². The number of ketones is 1. The van der Waals surface area contributed by atoms with Gasteiger partial charge in [0.05, 0.1) is 0 Å². The third-order valence-electron chi connectivity index (χ3n) is 1.63. The summed E-state index contributed by atoms with van der Waals surface area (Å²) < 4.78 is 0. The molecule has 0 N–H and O–H groups in total. The molecule has 16 heavy (non-hydrogen) atoms. The standard InChI is InChI=1S/C11H16O2S.C2H6/c1-3-6-10(13)7-5-8-11(9-12)14-4-2;1-2/h4,8-9H,2-3,5-7H2,1H3;1-2H3/b11-8-;. The average molecular weight is 242 g/mol. The van der Waals surface area contributed by atoms with Crippen molar-refractivity contribution in [2.24, 2.45) is 0 Å². The van der Waals surface area contributed by atoms with Gasteiger partial charge < -0.3 is 0 Å². The minimum absolute atomic E-state index is 0.262. The molecule has 0 spiro atoms. The van der Waals surface area contributed by atoms with Gasteiger partial charge in [0.25, 0.3) is 0 Å². The molecule has 0 aliphatic heterocycles. The molecule has 0 fully saturated rings. The van der Waals surface area contributed by atoms with Crippen molar-refractivity contribution in [1.82, 2.24) is 0 Å². The zero-order valence-corrected chi connectivity index (χ0v) is 11.3. The monoisotopic (exact) mass is 242 g/mol. The van der Waals surface area contributed by atoms with E-state index >= 15 is 0 Å². The Bertz CT molecular complexity index is 232. The summed E-state index contributed by atoms with van der Waals surface area (Å²) in [6, 6.07) is 0. The van der Waals surface area contributed by atoms with Crippen molar-refractivity contribution in [2.75, 3.05) is 0 Å². The minimum atomic E-state index is 0.262. The molecular weight excluding hydrogens is 220 g/mol. The number of carbonyl (C=O) groups is 2. The van der Waals surface area contributed by atoms with Crippen LogP contribution in [0.3, 0.4) is 0 Å². The van der Waals surface area contributed by atoms with E-state index in [-0.39, 0.29) is 5.78 Å². The molecule has 0 aliphatic carbocycles. The van der Waals surface area contributed by atoms with Gasteiger partial charge in [-0.25, -0.2) is 0 Å². The molecule has 0 atom stereocenters. The van der Waals surface area contributed by atoms with E-state index in [4.69, 9.17) is 0 Å². The van der Waals surface area contributed by atoms with Gasteiger partial charge in [0.1, 0.15) is 5.78 Å². The fraction of sp³-hybridized carbons (Fsp3) is 0.538. The molecule has 0 amide bonds. The number of hydrogen-bond donors (Lipinski definition) is 0. The van der Waals surface area contributed by atoms with E-state index < -0.39 is 0 Å². The van der Waals surface area contributed by atoms with Crippen molar-refractivity contribution in [3.63, 3.8) is 0 Å². The Kier molecular flexibility index (Phi) is 15.6. The first-order chi connectivity index (χ1) is 7.74. The largest absolute Gasteiger partial charge is 0.300 e. The number of thioether (sulfide) groups is 1. The van der Waals surface area contributed by atoms with Gasteiger partial charge in [0.15, 0.2) is 6.29 Å². The lowest BCUT2D eigenvalue weighted by Crippen LogP contribution is -1.95. The zero-order chi connectivity index (χ0) is 12.8. The summed E-state index contributed by atoms with van der Waals surface area (Å²) in [5, 5.41) is 1.61. The highest BCUT2D eigenvalue weighted by Crippen LogP contribution is 2.14. The van der Waals surface area contributed by atoms with Crippen LogP contribution in [-0.4, -0.2) is 12.1 Å². The number of aldehydes is 1. The van der Waals surface area contributed by atoms with Crippen molar-refractivity contribution in [3.05, 3.63) is 23.0 Å². The molecule has 92 valence electrons. The maximum atomic E-state index is 11.1. The summed E-state index contributed by atoms with van der Waals surface area (Å²) in [7, 11) is 0. The predicted molar refractivity (Wildman–Crippen MR) is 72.4 cm³/mol. The smallest absolute Gasteiger partial charge is 0.156 e. The van der Waals surface area contributed by atoms with Crippen LogP contribution in [0.5, 0.6) is 0 Å². The van der Waals surface area contributed by atoms with Gasteiger partial charge in [0, 0.05) is 17.7 Å². The average Bonchev–Trinajstić information content (AvgIpc) is 2.31. The topological polar surface area (TPSA) is 34.1 Å². The Morgan fingerprint density at radius 2 is 1.94 bits per heavy atom. The van der Waals surface area contributed by atoms with Crippen LogP contribution in [0.1, 0.15) is 46.5 Å². The third-order valence-corrected chi connectivity index (χ3v) is 2.33. The summed E-state index contributed by atoms with van der Waals surface area (Å²) in [6.07, 6.45) is 5.28. The molecule has 0 rings (SSSR count). The van der Waals surface area contributed by atoms with Gasteiger partial charge in [-0.1, -0.05) is 45.2 Å². The Hall–Kier alpha value is -0.830. The number of carbonyl (C=O) groups excluding carboxylic acids is 2. The van der Waals surface area contributed by atoms with Gasteiger partial charge in [-0.2, -0.15) is 0 Å². The van der Waals surface area contributed by atoms with Crippen LogP contribution < -0.4 is 0 Å². The Labute approximate surface area is 103 Å². The SMILES string of the molecule is C=CS/C(C=O)=C\CCC(=O)CCC.CC. The lowest BCUT2D eigenvalue weighted by molar-refractivity contribution is -0.119. The fourth-order valence-electron chi connectivity index (χ4n) is 0.999. The van der Waals surface area contributed by atoms with Crippen LogP contribution in [0, 0.1) is 0 Å². The Morgan fingerprint density at radius 3 is 2.38 bits per heavy atom. The summed E-state index contributed by atoms with van der Waals surface area (Å²) in [6.45, 7) is 9.50. The van der Waals surface area contributed by atoms with Crippen molar-refractivity contribution in [2.45, 2.75) is 46.5 Å². The molecule has 0 aliphatic rings. The zero-order valence-electron chi connectivity index (χ0n) is 10.5. The van der Waals surface area contributed by atoms with E-state index in [2.05, 4.69) is 6.58 Å². The van der Waals surface area contributed by atoms with E-state index in [9.17, 15) is 9.59 Å². The highest BCUT2D eigenvalue weighted by Gasteiger charge is 1.99. The second kappa shape index (κ2) is 14.2. The molecule has 2 nitrogen and oxygen atoms in total. The molecule has 0 aromatic carbocycles. The third kappa shape index (κ3) is 11.2. The summed E-state index contributed by atoms with van der Waals surface area (Å²) >= 11 is 1.29. The highest BCUT2D eigenvalue weighted by atomic mass is 32.2. The number of rotatable bonds is 8. The molecular formula is C13H22O2S. The van der Waals surface area contributed by atoms with Gasteiger partial charge >= 0.3 is 0 Å². The lowest BCUT2D eigenvalue weighted by Gasteiger charge is -1.96. The van der Waals surface area contributed by atoms with E-state index in [0.717, 1.165) is 12.7 Å². The van der Waals surface area contributed by atoms with Gasteiger partial charge in [-0.3, -0.25) is 9.59 Å². The van der Waals surface area contributed by atoms with E-state index in [1.54, 1.807) is 11.5 Å². The molecule has 0 saturated carbocycles. The van der Waals surface area contributed by atoms with Gasteiger partial charge in [-0.05, 0) is 18.2 Å². The molecule has 0 saturated heterocycles. The summed E-state index contributed by atoms with van der Waals surface area (Å²) in [5.41, 5.74) is 0. The molecule has 0 radical (unpaired) electrons. The maximum absolute atomic E-state index is 11.1. The van der Waals surface area contributed by atoms with E-state index in [1.165, 1.54) is 11.8 Å². The number of hydrogen-bond acceptors (Lipinski definition) is 3. The highest BCUT2D eigenvalue weighted by molar-refractivity contribution is 8.06. The first kappa shape index (κ1) is 17.6. The second-order valence-electron chi connectivity index (χ2n) is 2.84. The normalized spacial score (nSPS) is 10.1. The van der Waals surface area contributed by atoms with Crippen LogP contribution >= 0.6 is 11.8 Å². The van der Waals surface area contributed by atoms with Crippen LogP contribution in [0.25, 0.3) is 0 Å². The molecule has 0 aromatic heterocycles. The molecule has 0 heterocycles. The quantitative estimate of drug-likeness (QED) is 0.474.